The van der Waals surface area contributed by atoms with Gasteiger partial charge < -0.3 is 4.74 Å². The number of aryl methyl sites for hydroxylation is 1. The Kier molecular flexibility index (Phi) is 4.41. The first-order chi connectivity index (χ1) is 13.6. The van der Waals surface area contributed by atoms with Crippen molar-refractivity contribution in [2.45, 2.75) is 25.6 Å². The van der Waals surface area contributed by atoms with Gasteiger partial charge >= 0.3 is 0 Å². The molecule has 3 nitrogen and oxygen atoms in total. The summed E-state index contributed by atoms with van der Waals surface area (Å²) in [5, 5.41) is 7.80. The molecule has 3 aromatic carbocycles. The van der Waals surface area contributed by atoms with Crippen molar-refractivity contribution in [3.05, 3.63) is 98.5 Å². The maximum absolute atomic E-state index is 6.39. The van der Waals surface area contributed by atoms with Crippen LogP contribution in [-0.4, -0.2) is 10.7 Å². The summed E-state index contributed by atoms with van der Waals surface area (Å²) in [5.74, 6) is 0.907. The third-order valence-corrected chi connectivity index (χ3v) is 6.04. The molecule has 0 saturated heterocycles. The molecule has 140 valence electrons. The van der Waals surface area contributed by atoms with Gasteiger partial charge in [0.15, 0.2) is 0 Å². The average Bonchev–Trinajstić information content (AvgIpc) is 3.14. The van der Waals surface area contributed by atoms with Gasteiger partial charge in [-0.3, -0.25) is 0 Å². The van der Waals surface area contributed by atoms with Gasteiger partial charge in [-0.05, 0) is 42.8 Å². The van der Waals surface area contributed by atoms with E-state index in [-0.39, 0.29) is 12.3 Å². The highest BCUT2D eigenvalue weighted by atomic mass is 79.9. The number of hydrogen-bond donors (Lipinski definition) is 0. The van der Waals surface area contributed by atoms with Crippen LogP contribution in [0.3, 0.4) is 0 Å². The number of nitrogens with zero attached hydrogens (tertiary/aromatic N) is 2. The number of hydrogen-bond acceptors (Lipinski definition) is 3. The summed E-state index contributed by atoms with van der Waals surface area (Å²) in [7, 11) is 0. The molecule has 0 N–H and O–H groups in total. The Morgan fingerprint density at radius 3 is 2.54 bits per heavy atom. The van der Waals surface area contributed by atoms with Gasteiger partial charge in [-0.1, -0.05) is 69.5 Å². The van der Waals surface area contributed by atoms with Crippen LogP contribution in [-0.2, 0) is 0 Å². The van der Waals surface area contributed by atoms with E-state index in [4.69, 9.17) is 21.4 Å². The van der Waals surface area contributed by atoms with Crippen molar-refractivity contribution in [1.82, 2.24) is 5.01 Å². The largest absolute Gasteiger partial charge is 0.464 e. The molecule has 5 rings (SSSR count). The average molecular weight is 454 g/mol. The standard InChI is InChI=1S/C23H18BrClN2O/c1-14-2-4-15(5-3-14)20-13-21-19-12-17(24)8-11-22(19)28-23(27(21)26-20)16-6-9-18(25)10-7-16/h2-12,21,23H,13H2,1H3. The lowest BCUT2D eigenvalue weighted by atomic mass is 9.95. The number of fused-ring (bicyclic) bond motifs is 3. The number of benzene rings is 3. The summed E-state index contributed by atoms with van der Waals surface area (Å²) >= 11 is 9.69. The van der Waals surface area contributed by atoms with Crippen molar-refractivity contribution in [3.63, 3.8) is 0 Å². The van der Waals surface area contributed by atoms with Gasteiger partial charge in [0.25, 0.3) is 0 Å². The number of ether oxygens (including phenoxy) is 1. The van der Waals surface area contributed by atoms with E-state index in [0.29, 0.717) is 5.02 Å². The highest BCUT2D eigenvalue weighted by Gasteiger charge is 2.41. The predicted molar refractivity (Wildman–Crippen MR) is 116 cm³/mol. The van der Waals surface area contributed by atoms with Crippen molar-refractivity contribution in [1.29, 1.82) is 0 Å². The summed E-state index contributed by atoms with van der Waals surface area (Å²) in [5.41, 5.74) is 5.69. The molecule has 5 heteroatoms. The minimum absolute atomic E-state index is 0.137. The lowest BCUT2D eigenvalue weighted by Gasteiger charge is -2.38. The molecule has 2 atom stereocenters. The van der Waals surface area contributed by atoms with Crippen LogP contribution in [0.1, 0.15) is 40.9 Å². The fourth-order valence-electron chi connectivity index (χ4n) is 3.83. The highest BCUT2D eigenvalue weighted by Crippen LogP contribution is 2.48. The molecule has 0 aliphatic carbocycles. The molecular formula is C23H18BrClN2O. The molecule has 2 unspecified atom stereocenters. The number of rotatable bonds is 2. The molecular weight excluding hydrogens is 436 g/mol. The molecule has 0 aromatic heterocycles. The van der Waals surface area contributed by atoms with Crippen LogP contribution in [0.2, 0.25) is 5.02 Å². The van der Waals surface area contributed by atoms with Crippen LogP contribution < -0.4 is 4.74 Å². The summed E-state index contributed by atoms with van der Waals surface area (Å²) in [6, 6.07) is 22.7. The van der Waals surface area contributed by atoms with E-state index >= 15 is 0 Å². The topological polar surface area (TPSA) is 24.8 Å². The fourth-order valence-corrected chi connectivity index (χ4v) is 4.33. The minimum Gasteiger partial charge on any atom is -0.464 e. The molecule has 3 aromatic rings. The Labute approximate surface area is 177 Å². The summed E-state index contributed by atoms with van der Waals surface area (Å²) in [4.78, 5) is 0. The van der Waals surface area contributed by atoms with Crippen LogP contribution in [0.25, 0.3) is 0 Å². The molecule has 0 amide bonds. The Morgan fingerprint density at radius 2 is 1.79 bits per heavy atom. The molecule has 2 aliphatic rings. The van der Waals surface area contributed by atoms with Gasteiger partial charge in [-0.2, -0.15) is 5.10 Å². The second-order valence-corrected chi connectivity index (χ2v) is 8.57. The predicted octanol–water partition coefficient (Wildman–Crippen LogP) is 6.65. The monoisotopic (exact) mass is 452 g/mol. The van der Waals surface area contributed by atoms with Crippen LogP contribution in [0.15, 0.2) is 76.3 Å². The zero-order chi connectivity index (χ0) is 19.3. The van der Waals surface area contributed by atoms with E-state index in [0.717, 1.165) is 39.0 Å². The van der Waals surface area contributed by atoms with Gasteiger partial charge in [-0.25, -0.2) is 5.01 Å². The second-order valence-electron chi connectivity index (χ2n) is 7.22. The first kappa shape index (κ1) is 17.8. The Balaban J connectivity index is 1.59. The normalized spacial score (nSPS) is 20.2. The van der Waals surface area contributed by atoms with Crippen molar-refractivity contribution >= 4 is 33.2 Å². The third kappa shape index (κ3) is 3.11. The van der Waals surface area contributed by atoms with Crippen molar-refractivity contribution in [2.24, 2.45) is 5.10 Å². The fraction of sp³-hybridized carbons (Fsp3) is 0.174. The van der Waals surface area contributed by atoms with Gasteiger partial charge in [-0.15, -0.1) is 0 Å². The van der Waals surface area contributed by atoms with E-state index in [9.17, 15) is 0 Å². The maximum Gasteiger partial charge on any atom is 0.213 e. The highest BCUT2D eigenvalue weighted by molar-refractivity contribution is 9.10. The van der Waals surface area contributed by atoms with Gasteiger partial charge in [0.1, 0.15) is 5.75 Å². The Bertz CT molecular complexity index is 1060. The van der Waals surface area contributed by atoms with Gasteiger partial charge in [0.2, 0.25) is 6.23 Å². The lowest BCUT2D eigenvalue weighted by Crippen LogP contribution is -2.33. The second kappa shape index (κ2) is 6.94. The molecule has 2 aliphatic heterocycles. The van der Waals surface area contributed by atoms with Crippen LogP contribution in [0, 0.1) is 6.92 Å². The smallest absolute Gasteiger partial charge is 0.213 e. The molecule has 28 heavy (non-hydrogen) atoms. The zero-order valence-corrected chi connectivity index (χ0v) is 17.6. The van der Waals surface area contributed by atoms with E-state index in [1.807, 2.05) is 36.4 Å². The molecule has 0 radical (unpaired) electrons. The van der Waals surface area contributed by atoms with E-state index in [1.54, 1.807) is 0 Å². The summed E-state index contributed by atoms with van der Waals surface area (Å²) in [6.07, 6.45) is 0.568. The molecule has 0 bridgehead atoms. The quantitative estimate of drug-likeness (QED) is 0.434. The van der Waals surface area contributed by atoms with E-state index in [2.05, 4.69) is 58.2 Å². The lowest BCUT2D eigenvalue weighted by molar-refractivity contribution is -0.0190. The summed E-state index contributed by atoms with van der Waals surface area (Å²) < 4.78 is 7.43. The number of halogens is 2. The van der Waals surface area contributed by atoms with Crippen LogP contribution in [0.4, 0.5) is 0 Å². The molecule has 0 saturated carbocycles. The Hall–Kier alpha value is -2.30. The summed E-state index contributed by atoms with van der Waals surface area (Å²) in [6.45, 7) is 2.10. The first-order valence-corrected chi connectivity index (χ1v) is 10.4. The Morgan fingerprint density at radius 1 is 1.04 bits per heavy atom. The van der Waals surface area contributed by atoms with Gasteiger partial charge in [0.05, 0.1) is 11.8 Å². The minimum atomic E-state index is -0.279. The van der Waals surface area contributed by atoms with Gasteiger partial charge in [0, 0.05) is 27.0 Å². The third-order valence-electron chi connectivity index (χ3n) is 5.29. The van der Waals surface area contributed by atoms with Crippen molar-refractivity contribution in [2.75, 3.05) is 0 Å². The SMILES string of the molecule is Cc1ccc(C2=NN3C(C2)c2cc(Br)ccc2OC3c2ccc(Cl)cc2)cc1. The molecule has 0 spiro atoms. The molecule has 0 fully saturated rings. The zero-order valence-electron chi connectivity index (χ0n) is 15.3. The maximum atomic E-state index is 6.39. The first-order valence-electron chi connectivity index (χ1n) is 9.23. The van der Waals surface area contributed by atoms with E-state index in [1.165, 1.54) is 5.56 Å². The number of hydrazone groups is 1. The van der Waals surface area contributed by atoms with E-state index < -0.39 is 0 Å². The van der Waals surface area contributed by atoms with Crippen molar-refractivity contribution in [3.8, 4) is 5.75 Å². The van der Waals surface area contributed by atoms with Crippen LogP contribution >= 0.6 is 27.5 Å². The molecule has 2 heterocycles. The van der Waals surface area contributed by atoms with Crippen molar-refractivity contribution < 1.29 is 4.74 Å². The van der Waals surface area contributed by atoms with Crippen LogP contribution in [0.5, 0.6) is 5.75 Å².